The number of aliphatic hydroxyl groups is 1. The van der Waals surface area contributed by atoms with E-state index >= 15 is 0 Å². The number of carbonyl (C=O) groups excluding carboxylic acids is 2. The number of nitrogens with one attached hydrogen (secondary N) is 2. The van der Waals surface area contributed by atoms with Gasteiger partial charge in [-0.3, -0.25) is 14.6 Å². The van der Waals surface area contributed by atoms with E-state index in [2.05, 4.69) is 24.1 Å². The summed E-state index contributed by atoms with van der Waals surface area (Å²) in [4.78, 5) is 27.7. The van der Waals surface area contributed by atoms with E-state index < -0.39 is 15.9 Å². The minimum atomic E-state index is -4.04. The monoisotopic (exact) mass is 433 g/mol. The first-order chi connectivity index (χ1) is 14.2. The first kappa shape index (κ1) is 23.5. The number of sulfonamides is 1. The molecule has 0 saturated carbocycles. The number of hydrogen-bond acceptors (Lipinski definition) is 6. The highest BCUT2D eigenvalue weighted by atomic mass is 32.2. The Hall–Kier alpha value is -2.78. The minimum Gasteiger partial charge on any atom is -0.390 e. The number of rotatable bonds is 10. The van der Waals surface area contributed by atoms with Gasteiger partial charge in [0, 0.05) is 19.2 Å². The van der Waals surface area contributed by atoms with Crippen LogP contribution in [-0.4, -0.2) is 36.9 Å². The molecule has 0 aliphatic heterocycles. The SMILES string of the molecule is CC(C)CCC(=O)NCCc1ccc(S(=O)(=O)NC(=O)c2ccc(CO)nc2)cc1. The van der Waals surface area contributed by atoms with Crippen LogP contribution in [0.4, 0.5) is 0 Å². The van der Waals surface area contributed by atoms with Gasteiger partial charge in [0.1, 0.15) is 0 Å². The molecule has 0 bridgehead atoms. The molecule has 0 radical (unpaired) electrons. The van der Waals surface area contributed by atoms with Crippen molar-refractivity contribution in [2.75, 3.05) is 6.54 Å². The summed E-state index contributed by atoms with van der Waals surface area (Å²) in [7, 11) is -4.04. The Morgan fingerprint density at radius 1 is 1.10 bits per heavy atom. The summed E-state index contributed by atoms with van der Waals surface area (Å²) in [5, 5.41) is 11.8. The van der Waals surface area contributed by atoms with Crippen molar-refractivity contribution in [3.05, 3.63) is 59.4 Å². The summed E-state index contributed by atoms with van der Waals surface area (Å²) in [6.07, 6.45) is 3.11. The Bertz CT molecular complexity index is 955. The predicted octanol–water partition coefficient (Wildman–Crippen LogP) is 1.79. The Balaban J connectivity index is 1.90. The van der Waals surface area contributed by atoms with Gasteiger partial charge >= 0.3 is 0 Å². The average Bonchev–Trinajstić information content (AvgIpc) is 2.72. The van der Waals surface area contributed by atoms with E-state index in [-0.39, 0.29) is 23.0 Å². The maximum Gasteiger partial charge on any atom is 0.266 e. The fourth-order valence-electron chi connectivity index (χ4n) is 2.58. The van der Waals surface area contributed by atoms with Crippen LogP contribution in [0.5, 0.6) is 0 Å². The van der Waals surface area contributed by atoms with Gasteiger partial charge in [-0.25, -0.2) is 13.1 Å². The summed E-state index contributed by atoms with van der Waals surface area (Å²) in [6, 6.07) is 8.96. The van der Waals surface area contributed by atoms with Crippen molar-refractivity contribution in [3.8, 4) is 0 Å². The summed E-state index contributed by atoms with van der Waals surface area (Å²) >= 11 is 0. The number of nitrogens with zero attached hydrogens (tertiary/aromatic N) is 1. The molecule has 1 aromatic heterocycles. The molecule has 0 fully saturated rings. The van der Waals surface area contributed by atoms with E-state index in [4.69, 9.17) is 5.11 Å². The molecule has 1 heterocycles. The summed E-state index contributed by atoms with van der Waals surface area (Å²) in [5.74, 6) is -0.325. The van der Waals surface area contributed by atoms with Gasteiger partial charge in [0.2, 0.25) is 5.91 Å². The van der Waals surface area contributed by atoms with Crippen molar-refractivity contribution in [3.63, 3.8) is 0 Å². The average molecular weight is 434 g/mol. The fourth-order valence-corrected chi connectivity index (χ4v) is 3.56. The third-order valence-corrected chi connectivity index (χ3v) is 5.74. The lowest BCUT2D eigenvalue weighted by Gasteiger charge is -2.09. The third-order valence-electron chi connectivity index (χ3n) is 4.39. The Kier molecular flexibility index (Phi) is 8.49. The molecule has 0 saturated heterocycles. The maximum absolute atomic E-state index is 12.4. The molecule has 3 N–H and O–H groups in total. The Morgan fingerprint density at radius 3 is 2.37 bits per heavy atom. The first-order valence-electron chi connectivity index (χ1n) is 9.70. The fraction of sp³-hybridized carbons (Fsp3) is 0.381. The number of benzene rings is 1. The van der Waals surface area contributed by atoms with Crippen molar-refractivity contribution >= 4 is 21.8 Å². The van der Waals surface area contributed by atoms with Crippen LogP contribution in [0.1, 0.15) is 48.3 Å². The lowest BCUT2D eigenvalue weighted by atomic mass is 10.1. The van der Waals surface area contributed by atoms with Gasteiger partial charge in [0.15, 0.2) is 0 Å². The van der Waals surface area contributed by atoms with Gasteiger partial charge in [0.25, 0.3) is 15.9 Å². The van der Waals surface area contributed by atoms with Gasteiger partial charge in [-0.2, -0.15) is 0 Å². The zero-order valence-electron chi connectivity index (χ0n) is 17.1. The molecule has 0 spiro atoms. The first-order valence-corrected chi connectivity index (χ1v) is 11.2. The second kappa shape index (κ2) is 10.8. The highest BCUT2D eigenvalue weighted by Gasteiger charge is 2.19. The Labute approximate surface area is 176 Å². The molecule has 9 heteroatoms. The molecule has 30 heavy (non-hydrogen) atoms. The van der Waals surface area contributed by atoms with E-state index in [0.29, 0.717) is 31.0 Å². The molecule has 0 aliphatic carbocycles. The van der Waals surface area contributed by atoms with E-state index in [9.17, 15) is 18.0 Å². The summed E-state index contributed by atoms with van der Waals surface area (Å²) in [5.41, 5.74) is 1.31. The van der Waals surface area contributed by atoms with Crippen LogP contribution in [-0.2, 0) is 27.8 Å². The quantitative estimate of drug-likeness (QED) is 0.524. The minimum absolute atomic E-state index is 0.00659. The number of pyridine rings is 1. The predicted molar refractivity (Wildman–Crippen MR) is 112 cm³/mol. The second-order valence-electron chi connectivity index (χ2n) is 7.31. The van der Waals surface area contributed by atoms with E-state index in [1.54, 1.807) is 12.1 Å². The Morgan fingerprint density at radius 2 is 1.80 bits per heavy atom. The number of aromatic nitrogens is 1. The molecule has 8 nitrogen and oxygen atoms in total. The molecule has 1 aromatic carbocycles. The molecule has 0 unspecified atom stereocenters. The molecular formula is C21H27N3O5S. The molecule has 2 amide bonds. The molecule has 2 rings (SSSR count). The van der Waals surface area contributed by atoms with Crippen LogP contribution in [0.3, 0.4) is 0 Å². The number of carbonyl (C=O) groups is 2. The largest absolute Gasteiger partial charge is 0.390 e. The number of amides is 2. The molecule has 162 valence electrons. The standard InChI is InChI=1S/C21H27N3O5S/c1-15(2)3-10-20(26)22-12-11-16-4-8-19(9-5-16)30(28,29)24-21(27)17-6-7-18(14-25)23-13-17/h4-9,13,15,25H,3,10-12,14H2,1-2H3,(H,22,26)(H,24,27). The number of aliphatic hydroxyl groups excluding tert-OH is 1. The summed E-state index contributed by atoms with van der Waals surface area (Å²) in [6.45, 7) is 4.33. The summed E-state index contributed by atoms with van der Waals surface area (Å²) < 4.78 is 26.9. The van der Waals surface area contributed by atoms with Gasteiger partial charge in [0.05, 0.1) is 22.8 Å². The van der Waals surface area contributed by atoms with Gasteiger partial charge < -0.3 is 10.4 Å². The van der Waals surface area contributed by atoms with Crippen molar-refractivity contribution in [1.29, 1.82) is 0 Å². The van der Waals surface area contributed by atoms with Gasteiger partial charge in [-0.1, -0.05) is 26.0 Å². The zero-order valence-corrected chi connectivity index (χ0v) is 17.9. The van der Waals surface area contributed by atoms with Crippen molar-refractivity contribution in [2.24, 2.45) is 5.92 Å². The van der Waals surface area contributed by atoms with Crippen molar-refractivity contribution in [1.82, 2.24) is 15.0 Å². The van der Waals surface area contributed by atoms with Crippen LogP contribution >= 0.6 is 0 Å². The maximum atomic E-state index is 12.4. The van der Waals surface area contributed by atoms with Crippen molar-refractivity contribution < 1.29 is 23.1 Å². The van der Waals surface area contributed by atoms with E-state index in [1.165, 1.54) is 30.5 Å². The highest BCUT2D eigenvalue weighted by molar-refractivity contribution is 7.90. The normalized spacial score (nSPS) is 11.3. The molecular weight excluding hydrogens is 406 g/mol. The lowest BCUT2D eigenvalue weighted by Crippen LogP contribution is -2.30. The highest BCUT2D eigenvalue weighted by Crippen LogP contribution is 2.12. The van der Waals surface area contributed by atoms with Crippen LogP contribution in [0, 0.1) is 5.92 Å². The van der Waals surface area contributed by atoms with Crippen LogP contribution < -0.4 is 10.0 Å². The van der Waals surface area contributed by atoms with Gasteiger partial charge in [-0.05, 0) is 48.6 Å². The smallest absolute Gasteiger partial charge is 0.266 e. The van der Waals surface area contributed by atoms with Crippen LogP contribution in [0.15, 0.2) is 47.5 Å². The van der Waals surface area contributed by atoms with Crippen molar-refractivity contribution in [2.45, 2.75) is 44.6 Å². The second-order valence-corrected chi connectivity index (χ2v) is 8.99. The van der Waals surface area contributed by atoms with Gasteiger partial charge in [-0.15, -0.1) is 0 Å². The third kappa shape index (κ3) is 7.23. The van der Waals surface area contributed by atoms with Crippen LogP contribution in [0.25, 0.3) is 0 Å². The molecule has 2 aromatic rings. The zero-order chi connectivity index (χ0) is 22.1. The van der Waals surface area contributed by atoms with E-state index in [1.807, 2.05) is 4.72 Å². The lowest BCUT2D eigenvalue weighted by molar-refractivity contribution is -0.121. The van der Waals surface area contributed by atoms with E-state index in [0.717, 1.165) is 12.0 Å². The number of hydrogen-bond donors (Lipinski definition) is 3. The molecule has 0 atom stereocenters. The topological polar surface area (TPSA) is 125 Å². The molecule has 0 aliphatic rings. The van der Waals surface area contributed by atoms with Crippen LogP contribution in [0.2, 0.25) is 0 Å².